The summed E-state index contributed by atoms with van der Waals surface area (Å²) in [4.78, 5) is 24.5. The van der Waals surface area contributed by atoms with Crippen LogP contribution in [0.3, 0.4) is 0 Å². The van der Waals surface area contributed by atoms with Gasteiger partial charge in [0, 0.05) is 12.8 Å². The lowest BCUT2D eigenvalue weighted by Gasteiger charge is -2.22. The highest BCUT2D eigenvalue weighted by Gasteiger charge is 2.20. The number of aliphatic hydroxyl groups is 2. The molecule has 0 spiro atoms. The van der Waals surface area contributed by atoms with Crippen LogP contribution in [0.4, 0.5) is 0 Å². The van der Waals surface area contributed by atoms with Crippen LogP contribution >= 0.6 is 0 Å². The van der Waals surface area contributed by atoms with Gasteiger partial charge in [-0.2, -0.15) is 0 Å². The Morgan fingerprint density at radius 3 is 1.10 bits per heavy atom. The molecule has 0 aromatic heterocycles. The number of unbranched alkanes of at least 4 members (excludes halogenated alkanes) is 47. The summed E-state index contributed by atoms with van der Waals surface area (Å²) < 4.78 is 5.48. The predicted octanol–water partition coefficient (Wildman–Crippen LogP) is 21.0. The summed E-state index contributed by atoms with van der Waals surface area (Å²) in [6.45, 7) is 4.90. The standard InChI is InChI=1S/C67H129NO5/c1-3-5-7-9-11-13-15-36-41-45-49-53-57-61-67(72)73-62-58-54-50-46-42-38-35-33-31-29-27-25-23-21-19-17-18-20-22-24-26-28-30-32-34-37-40-44-48-52-56-60-66(71)68-64(63-69)65(70)59-55-51-47-43-39-16-14-12-10-8-6-4-2/h7,9,13,15,64-65,69-70H,3-6,8,10-12,14,16-63H2,1-2H3,(H,68,71)/b9-7-,15-13-. The first-order chi connectivity index (χ1) is 36.0. The van der Waals surface area contributed by atoms with E-state index in [0.29, 0.717) is 25.9 Å². The minimum absolute atomic E-state index is 0.00553. The number of nitrogens with one attached hydrogen (secondary N) is 1. The molecule has 6 heteroatoms. The van der Waals surface area contributed by atoms with Crippen molar-refractivity contribution in [3.63, 3.8) is 0 Å². The minimum Gasteiger partial charge on any atom is -0.466 e. The molecule has 432 valence electrons. The lowest BCUT2D eigenvalue weighted by molar-refractivity contribution is -0.143. The average Bonchev–Trinajstić information content (AvgIpc) is 3.39. The Hall–Kier alpha value is -1.66. The van der Waals surface area contributed by atoms with Crippen LogP contribution in [0.5, 0.6) is 0 Å². The number of hydrogen-bond donors (Lipinski definition) is 3. The Morgan fingerprint density at radius 2 is 0.712 bits per heavy atom. The number of carbonyl (C=O) groups is 2. The summed E-state index contributed by atoms with van der Waals surface area (Å²) in [6, 6.07) is -0.536. The Labute approximate surface area is 456 Å². The number of ether oxygens (including phenoxy) is 1. The first kappa shape index (κ1) is 71.3. The number of rotatable bonds is 62. The molecule has 0 saturated heterocycles. The summed E-state index contributed by atoms with van der Waals surface area (Å²) in [7, 11) is 0. The first-order valence-electron chi connectivity index (χ1n) is 33.1. The van der Waals surface area contributed by atoms with E-state index in [1.807, 2.05) is 0 Å². The van der Waals surface area contributed by atoms with Gasteiger partial charge in [0.05, 0.1) is 25.4 Å². The van der Waals surface area contributed by atoms with E-state index < -0.39 is 12.1 Å². The molecule has 0 saturated carbocycles. The molecule has 6 nitrogen and oxygen atoms in total. The fourth-order valence-electron chi connectivity index (χ4n) is 10.4. The predicted molar refractivity (Wildman–Crippen MR) is 320 cm³/mol. The van der Waals surface area contributed by atoms with E-state index in [1.54, 1.807) is 0 Å². The Morgan fingerprint density at radius 1 is 0.384 bits per heavy atom. The van der Waals surface area contributed by atoms with Gasteiger partial charge in [0.15, 0.2) is 0 Å². The third kappa shape index (κ3) is 59.4. The molecule has 0 aliphatic rings. The van der Waals surface area contributed by atoms with Crippen LogP contribution in [0.15, 0.2) is 24.3 Å². The largest absolute Gasteiger partial charge is 0.466 e. The monoisotopic (exact) mass is 1030 g/mol. The topological polar surface area (TPSA) is 95.9 Å². The third-order valence-corrected chi connectivity index (χ3v) is 15.5. The zero-order chi connectivity index (χ0) is 52.9. The normalized spacial score (nSPS) is 12.7. The third-order valence-electron chi connectivity index (χ3n) is 15.5. The van der Waals surface area contributed by atoms with Crippen LogP contribution in [0.1, 0.15) is 367 Å². The number of amides is 1. The van der Waals surface area contributed by atoms with Crippen molar-refractivity contribution in [2.75, 3.05) is 13.2 Å². The van der Waals surface area contributed by atoms with E-state index in [2.05, 4.69) is 43.5 Å². The molecule has 2 atom stereocenters. The summed E-state index contributed by atoms with van der Waals surface area (Å²) in [6.07, 6.45) is 77.9. The van der Waals surface area contributed by atoms with Gasteiger partial charge in [-0.3, -0.25) is 9.59 Å². The summed E-state index contributed by atoms with van der Waals surface area (Å²) in [5, 5.41) is 23.2. The second kappa shape index (κ2) is 62.9. The van der Waals surface area contributed by atoms with E-state index >= 15 is 0 Å². The Balaban J connectivity index is 3.31. The first-order valence-corrected chi connectivity index (χ1v) is 33.1. The van der Waals surface area contributed by atoms with Crippen molar-refractivity contribution in [1.29, 1.82) is 0 Å². The van der Waals surface area contributed by atoms with Gasteiger partial charge < -0.3 is 20.3 Å². The minimum atomic E-state index is -0.659. The zero-order valence-corrected chi connectivity index (χ0v) is 49.4. The van der Waals surface area contributed by atoms with E-state index in [-0.39, 0.29) is 18.5 Å². The number of hydrogen-bond acceptors (Lipinski definition) is 5. The lowest BCUT2D eigenvalue weighted by Crippen LogP contribution is -2.45. The quantitative estimate of drug-likeness (QED) is 0.0320. The highest BCUT2D eigenvalue weighted by Crippen LogP contribution is 2.19. The molecule has 0 fully saturated rings. The SMILES string of the molecule is CCC/C=C\C/C=C\CCCCCCCC(=O)OCCCCCCCCCCCCCCCCCCCCCCCCCCCCCCCCCC(=O)NC(CO)C(O)CCCCCCCCCCCCCC. The number of carbonyl (C=O) groups excluding carboxylic acids is 2. The van der Waals surface area contributed by atoms with Crippen molar-refractivity contribution in [2.24, 2.45) is 0 Å². The molecular formula is C67H129NO5. The maximum atomic E-state index is 12.5. The van der Waals surface area contributed by atoms with Crippen molar-refractivity contribution in [3.05, 3.63) is 24.3 Å². The van der Waals surface area contributed by atoms with Gasteiger partial charge >= 0.3 is 5.97 Å². The van der Waals surface area contributed by atoms with Crippen LogP contribution in [0.25, 0.3) is 0 Å². The van der Waals surface area contributed by atoms with Crippen molar-refractivity contribution < 1.29 is 24.5 Å². The molecule has 0 aromatic rings. The van der Waals surface area contributed by atoms with Gasteiger partial charge in [0.1, 0.15) is 0 Å². The molecule has 0 rings (SSSR count). The van der Waals surface area contributed by atoms with Crippen LogP contribution in [-0.4, -0.2) is 47.4 Å². The molecule has 0 aliphatic heterocycles. The van der Waals surface area contributed by atoms with Gasteiger partial charge in [-0.25, -0.2) is 0 Å². The maximum absolute atomic E-state index is 12.5. The van der Waals surface area contributed by atoms with Gasteiger partial charge in [-0.1, -0.05) is 327 Å². The summed E-state index contributed by atoms with van der Waals surface area (Å²) >= 11 is 0. The highest BCUT2D eigenvalue weighted by molar-refractivity contribution is 5.76. The van der Waals surface area contributed by atoms with Crippen molar-refractivity contribution >= 4 is 11.9 Å². The highest BCUT2D eigenvalue weighted by atomic mass is 16.5. The summed E-state index contributed by atoms with van der Waals surface area (Å²) in [5.41, 5.74) is 0. The van der Waals surface area contributed by atoms with E-state index in [9.17, 15) is 19.8 Å². The van der Waals surface area contributed by atoms with Gasteiger partial charge in [-0.05, 0) is 51.4 Å². The van der Waals surface area contributed by atoms with Crippen molar-refractivity contribution in [2.45, 2.75) is 379 Å². The molecular weight excluding hydrogens is 899 g/mol. The van der Waals surface area contributed by atoms with Crippen molar-refractivity contribution in [3.8, 4) is 0 Å². The number of esters is 1. The molecule has 0 heterocycles. The van der Waals surface area contributed by atoms with E-state index in [1.165, 1.54) is 283 Å². The fraction of sp³-hybridized carbons (Fsp3) is 0.910. The lowest BCUT2D eigenvalue weighted by atomic mass is 10.0. The molecule has 1 amide bonds. The molecule has 0 radical (unpaired) electrons. The molecule has 73 heavy (non-hydrogen) atoms. The molecule has 0 aliphatic carbocycles. The fourth-order valence-corrected chi connectivity index (χ4v) is 10.4. The van der Waals surface area contributed by atoms with E-state index in [0.717, 1.165) is 51.4 Å². The smallest absolute Gasteiger partial charge is 0.305 e. The van der Waals surface area contributed by atoms with Crippen LogP contribution in [0.2, 0.25) is 0 Å². The van der Waals surface area contributed by atoms with Crippen LogP contribution in [0, 0.1) is 0 Å². The second-order valence-corrected chi connectivity index (χ2v) is 22.8. The summed E-state index contributed by atoms with van der Waals surface area (Å²) in [5.74, 6) is -0.0241. The van der Waals surface area contributed by atoms with Crippen LogP contribution < -0.4 is 5.32 Å². The Bertz CT molecular complexity index is 1140. The Kier molecular flexibility index (Phi) is 61.4. The van der Waals surface area contributed by atoms with Crippen LogP contribution in [-0.2, 0) is 14.3 Å². The maximum Gasteiger partial charge on any atom is 0.305 e. The van der Waals surface area contributed by atoms with Gasteiger partial charge in [0.2, 0.25) is 5.91 Å². The second-order valence-electron chi connectivity index (χ2n) is 22.8. The molecule has 2 unspecified atom stereocenters. The number of aliphatic hydroxyl groups excluding tert-OH is 2. The number of allylic oxidation sites excluding steroid dienone is 4. The van der Waals surface area contributed by atoms with Gasteiger partial charge in [0.25, 0.3) is 0 Å². The average molecular weight is 1030 g/mol. The molecule has 0 aromatic carbocycles. The van der Waals surface area contributed by atoms with E-state index in [4.69, 9.17) is 4.74 Å². The van der Waals surface area contributed by atoms with Gasteiger partial charge in [-0.15, -0.1) is 0 Å². The molecule has 3 N–H and O–H groups in total. The van der Waals surface area contributed by atoms with Crippen molar-refractivity contribution in [1.82, 2.24) is 5.32 Å². The zero-order valence-electron chi connectivity index (χ0n) is 49.4. The molecule has 0 bridgehead atoms.